The molecule has 130 heavy (non-hydrogen) atoms. The van der Waals surface area contributed by atoms with Crippen LogP contribution in [0, 0.1) is 24.7 Å². The Morgan fingerprint density at radius 1 is 0.415 bits per heavy atom. The van der Waals surface area contributed by atoms with Gasteiger partial charge in [0.25, 0.3) is 0 Å². The summed E-state index contributed by atoms with van der Waals surface area (Å²) in [6.45, 7) is 9.30. The van der Waals surface area contributed by atoms with Gasteiger partial charge in [-0.3, -0.25) is 62.1 Å². The number of aromatic nitrogens is 6. The van der Waals surface area contributed by atoms with E-state index in [9.17, 15) is 71.9 Å². The van der Waals surface area contributed by atoms with Crippen molar-refractivity contribution in [1.82, 2.24) is 51.3 Å². The number of hydrogen-bond acceptors (Lipinski definition) is 34. The van der Waals surface area contributed by atoms with Gasteiger partial charge < -0.3 is 73.4 Å². The van der Waals surface area contributed by atoms with Crippen LogP contribution in [0.15, 0.2) is 32.9 Å². The van der Waals surface area contributed by atoms with E-state index < -0.39 is 84.4 Å². The number of esters is 8. The molecular formula is C82H126N22O26. The number of Topliss-reactive ketones (excluding diaryl/α,β-unsaturated/α-hetero) is 3. The summed E-state index contributed by atoms with van der Waals surface area (Å²) in [7, 11) is 0. The first-order valence-corrected chi connectivity index (χ1v) is 43.2. The number of unbranched alkanes of at least 4 members (excludes halogenated alkanes) is 8. The lowest BCUT2D eigenvalue weighted by molar-refractivity contribution is -0.165. The second kappa shape index (κ2) is 79.1. The SMILES string of the molecule is C#CCCCC(=O)OCC(COC(=O)CCCC#C)OC(C)=O.CC(=O)OC(CCC(=O)Cc1cn(CCCCC(=O)NC(CCCCNC(=O)OCCCN=[N+]=[N-])C(C)=O)nn1)COC(=O)CCCc1cn(CCCOC(=O)CCCCCC(NC(=O)OCCCN=[N+]=[N-])C(C)=O)nn1.CCOC(=O)[C@H](CCCCCC(=O)OCCCN=[N+]=[N-])NC(=O)OCCCN=[N+]=[N-]. The van der Waals surface area contributed by atoms with Crippen LogP contribution in [0.5, 0.6) is 0 Å². The van der Waals surface area contributed by atoms with Gasteiger partial charge in [-0.1, -0.05) is 56.6 Å². The van der Waals surface area contributed by atoms with Crippen molar-refractivity contribution in [2.24, 2.45) is 20.5 Å². The molecule has 2 aromatic rings. The Hall–Kier alpha value is -13.3. The molecule has 0 aliphatic carbocycles. The van der Waals surface area contributed by atoms with Gasteiger partial charge in [0, 0.05) is 156 Å². The maximum atomic E-state index is 12.8. The molecule has 48 nitrogen and oxygen atoms in total. The number of carbonyl (C=O) groups excluding carboxylic acids is 15. The van der Waals surface area contributed by atoms with Crippen LogP contribution in [0.4, 0.5) is 14.4 Å². The molecule has 0 aliphatic rings. The van der Waals surface area contributed by atoms with Gasteiger partial charge in [0.15, 0.2) is 17.7 Å². The van der Waals surface area contributed by atoms with Gasteiger partial charge >= 0.3 is 66.0 Å². The molecule has 0 fully saturated rings. The maximum absolute atomic E-state index is 12.8. The average Bonchev–Trinajstić information content (AvgIpc) is 1.65. The number of nitrogens with one attached hydrogen (secondary N) is 4. The smallest absolute Gasteiger partial charge is 0.407 e. The van der Waals surface area contributed by atoms with Crippen LogP contribution in [0.2, 0.25) is 0 Å². The largest absolute Gasteiger partial charge is 0.466 e. The number of carbonyl (C=O) groups is 15. The number of rotatable bonds is 72. The van der Waals surface area contributed by atoms with Gasteiger partial charge in [-0.2, -0.15) is 0 Å². The van der Waals surface area contributed by atoms with Crippen molar-refractivity contribution >= 4 is 89.3 Å². The first-order chi connectivity index (χ1) is 62.6. The van der Waals surface area contributed by atoms with E-state index in [0.717, 1.165) is 0 Å². The van der Waals surface area contributed by atoms with Gasteiger partial charge in [0.05, 0.1) is 69.5 Å². The second-order valence-corrected chi connectivity index (χ2v) is 28.7. The van der Waals surface area contributed by atoms with Crippen molar-refractivity contribution in [3.8, 4) is 24.7 Å². The van der Waals surface area contributed by atoms with Crippen LogP contribution in [0.3, 0.4) is 0 Å². The van der Waals surface area contributed by atoms with Crippen LogP contribution in [0.1, 0.15) is 245 Å². The number of terminal acetylenes is 2. The molecule has 0 aromatic carbocycles. The van der Waals surface area contributed by atoms with E-state index in [4.69, 9.17) is 87.1 Å². The predicted molar refractivity (Wildman–Crippen MR) is 461 cm³/mol. The van der Waals surface area contributed by atoms with E-state index in [1.165, 1.54) is 27.7 Å². The van der Waals surface area contributed by atoms with Crippen LogP contribution in [-0.2, 0) is 136 Å². The fourth-order valence-corrected chi connectivity index (χ4v) is 11.0. The van der Waals surface area contributed by atoms with Crippen molar-refractivity contribution in [2.75, 3.05) is 92.2 Å². The lowest BCUT2D eigenvalue weighted by atomic mass is 10.0. The van der Waals surface area contributed by atoms with Crippen LogP contribution < -0.4 is 21.3 Å². The molecule has 0 radical (unpaired) electrons. The number of alkyl carbamates (subject to hydrolysis) is 3. The molecular weight excluding hydrogens is 1710 g/mol. The third-order valence-corrected chi connectivity index (χ3v) is 17.5. The Morgan fingerprint density at radius 2 is 0.815 bits per heavy atom. The summed E-state index contributed by atoms with van der Waals surface area (Å²) < 4.78 is 59.0. The minimum atomic E-state index is -0.845. The number of amides is 4. The van der Waals surface area contributed by atoms with Gasteiger partial charge in [-0.15, -0.1) is 34.9 Å². The zero-order valence-corrected chi connectivity index (χ0v) is 75.0. The molecule has 0 spiro atoms. The first-order valence-electron chi connectivity index (χ1n) is 43.2. The highest BCUT2D eigenvalue weighted by Gasteiger charge is 2.25. The number of azide groups is 4. The summed E-state index contributed by atoms with van der Waals surface area (Å²) in [5, 5.41) is 40.1. The fourth-order valence-electron chi connectivity index (χ4n) is 11.0. The molecule has 4 amide bonds. The van der Waals surface area contributed by atoms with Crippen molar-refractivity contribution < 1.29 is 124 Å². The molecule has 3 unspecified atom stereocenters. The molecule has 0 bridgehead atoms. The Labute approximate surface area is 754 Å². The average molecular weight is 1840 g/mol. The minimum absolute atomic E-state index is 0.0125. The first kappa shape index (κ1) is 117. The fraction of sp³-hybridized carbons (Fsp3) is 0.720. The lowest BCUT2D eigenvalue weighted by Crippen LogP contribution is -2.42. The molecule has 2 rings (SSSR count). The highest BCUT2D eigenvalue weighted by molar-refractivity contribution is 5.88. The van der Waals surface area contributed by atoms with Crippen molar-refractivity contribution in [3.63, 3.8) is 0 Å². The molecule has 2 aromatic heterocycles. The molecule has 48 heteroatoms. The summed E-state index contributed by atoms with van der Waals surface area (Å²) >= 11 is 0. The minimum Gasteiger partial charge on any atom is -0.466 e. The van der Waals surface area contributed by atoms with E-state index in [2.05, 4.69) is 93.8 Å². The molecule has 0 aliphatic heterocycles. The standard InChI is InChI=1S/C48H75N15O14.C17H29N7O6.C17H22O6/c1-35(64)42(17-7-9-23-51-47(71)74-28-12-24-52-58-49)54-44(68)18-8-10-26-62-33-39(57-61-62)31-40(67)21-22-41(77-37(3)66)34-76-46(70)20-11-15-38-32-63(60-56-38)27-14-30-73-45(69)19-6-4-5-16-43(36(2)65)55-48(72)75-29-13-25-53-59-50;1-2-28-16(26)14(22-17(27)30-13-7-11-21-24-19)8-4-3-5-9-15(25)29-12-6-10-20-23-18;1-4-6-8-10-16(19)21-12-15(23-14(3)18)13-22-17(20)11-9-7-5-2/h32-33,41-43H,4-31,34H2,1-3H3,(H,51,71)(H,54,68)(H,55,72);14H,2-13H2,1H3,(H,22,27);1-2,15H,6-13H2,3H3/t;14-;/m.0./s1. The van der Waals surface area contributed by atoms with E-state index in [1.54, 1.807) is 28.7 Å². The molecule has 0 saturated carbocycles. The summed E-state index contributed by atoms with van der Waals surface area (Å²) in [6.07, 6.45) is 23.1. The number of nitrogens with zero attached hydrogens (tertiary/aromatic N) is 18. The number of aryl methyl sites for hydroxylation is 3. The summed E-state index contributed by atoms with van der Waals surface area (Å²) in [5.74, 6) is 0.242. The zero-order valence-electron chi connectivity index (χ0n) is 75.0. The van der Waals surface area contributed by atoms with Crippen molar-refractivity contribution in [3.05, 3.63) is 65.6 Å². The molecule has 720 valence electrons. The Morgan fingerprint density at radius 3 is 1.30 bits per heavy atom. The number of ether oxygens (including phenoxy) is 11. The Kier molecular flexibility index (Phi) is 71.0. The van der Waals surface area contributed by atoms with E-state index >= 15 is 0 Å². The Balaban J connectivity index is 0.00000254. The topological polar surface area (TPSA) is 662 Å². The normalized spacial score (nSPS) is 11.2. The van der Waals surface area contributed by atoms with Gasteiger partial charge in [0.1, 0.15) is 37.7 Å². The van der Waals surface area contributed by atoms with Gasteiger partial charge in [-0.25, -0.2) is 19.2 Å². The van der Waals surface area contributed by atoms with Crippen LogP contribution in [0.25, 0.3) is 41.8 Å². The monoisotopic (exact) mass is 1830 g/mol. The summed E-state index contributed by atoms with van der Waals surface area (Å²) in [4.78, 5) is 189. The van der Waals surface area contributed by atoms with Gasteiger partial charge in [0.2, 0.25) is 5.91 Å². The molecule has 4 atom stereocenters. The van der Waals surface area contributed by atoms with E-state index in [-0.39, 0.29) is 179 Å². The summed E-state index contributed by atoms with van der Waals surface area (Å²) in [5.41, 5.74) is 33.9. The quantitative estimate of drug-likeness (QED) is 0.00909. The highest BCUT2D eigenvalue weighted by Crippen LogP contribution is 2.15. The maximum Gasteiger partial charge on any atom is 0.407 e. The van der Waals surface area contributed by atoms with Crippen LogP contribution >= 0.6 is 0 Å². The molecule has 0 saturated heterocycles. The third-order valence-electron chi connectivity index (χ3n) is 17.5. The summed E-state index contributed by atoms with van der Waals surface area (Å²) in [6, 6.07) is -2.19. The van der Waals surface area contributed by atoms with Crippen LogP contribution in [-0.4, -0.2) is 242 Å². The van der Waals surface area contributed by atoms with Crippen molar-refractivity contribution in [1.29, 1.82) is 0 Å². The van der Waals surface area contributed by atoms with E-state index in [0.29, 0.717) is 185 Å². The van der Waals surface area contributed by atoms with Crippen molar-refractivity contribution in [2.45, 2.75) is 290 Å². The third kappa shape index (κ3) is 69.8. The number of ketones is 3. The Bertz CT molecular complexity index is 3990. The second-order valence-electron chi connectivity index (χ2n) is 28.7. The van der Waals surface area contributed by atoms with E-state index in [1.807, 2.05) is 0 Å². The number of hydrogen-bond donors (Lipinski definition) is 4. The highest BCUT2D eigenvalue weighted by atomic mass is 16.6. The predicted octanol–water partition coefficient (Wildman–Crippen LogP) is 10.5. The molecule has 4 N–H and O–H groups in total. The molecule has 2 heterocycles. The lowest BCUT2D eigenvalue weighted by Gasteiger charge is -2.17. The zero-order chi connectivity index (χ0) is 96.4. The van der Waals surface area contributed by atoms with Gasteiger partial charge in [-0.05, 0) is 158 Å².